The molecule has 1 saturated carbocycles. The van der Waals surface area contributed by atoms with Gasteiger partial charge in [0.25, 0.3) is 0 Å². The number of hydrogen-bond acceptors (Lipinski definition) is 4. The molecule has 0 aliphatic heterocycles. The fraction of sp³-hybridized carbons (Fsp3) is 0.562. The van der Waals surface area contributed by atoms with Crippen molar-refractivity contribution in [3.63, 3.8) is 0 Å². The predicted molar refractivity (Wildman–Crippen MR) is 80.0 cm³/mol. The summed E-state index contributed by atoms with van der Waals surface area (Å²) in [6.07, 6.45) is 3.89. The molecule has 1 amide bonds. The molecule has 0 unspecified atom stereocenters. The van der Waals surface area contributed by atoms with Crippen LogP contribution in [0.3, 0.4) is 0 Å². The van der Waals surface area contributed by atoms with Gasteiger partial charge in [0, 0.05) is 11.5 Å². The van der Waals surface area contributed by atoms with Crippen molar-refractivity contribution in [3.8, 4) is 17.2 Å². The second kappa shape index (κ2) is 6.70. The van der Waals surface area contributed by atoms with E-state index in [0.717, 1.165) is 31.2 Å². The molecule has 2 atom stereocenters. The molecule has 0 heterocycles. The number of amides is 1. The van der Waals surface area contributed by atoms with E-state index in [2.05, 4.69) is 0 Å². The topological polar surface area (TPSA) is 70.8 Å². The van der Waals surface area contributed by atoms with E-state index in [1.54, 1.807) is 21.3 Å². The number of nitrogens with two attached hydrogens (primary N) is 1. The van der Waals surface area contributed by atoms with Crippen LogP contribution in [0.4, 0.5) is 0 Å². The molecule has 0 radical (unpaired) electrons. The monoisotopic (exact) mass is 293 g/mol. The number of rotatable bonds is 5. The third kappa shape index (κ3) is 2.91. The summed E-state index contributed by atoms with van der Waals surface area (Å²) in [5.41, 5.74) is 6.55. The Morgan fingerprint density at radius 3 is 2.29 bits per heavy atom. The molecular weight excluding hydrogens is 270 g/mol. The highest BCUT2D eigenvalue weighted by molar-refractivity contribution is 5.78. The first kappa shape index (κ1) is 15.5. The van der Waals surface area contributed by atoms with E-state index in [4.69, 9.17) is 19.9 Å². The first-order valence-corrected chi connectivity index (χ1v) is 7.22. The van der Waals surface area contributed by atoms with Gasteiger partial charge in [0.05, 0.1) is 21.3 Å². The van der Waals surface area contributed by atoms with Gasteiger partial charge in [0.2, 0.25) is 11.7 Å². The Morgan fingerprint density at radius 1 is 1.05 bits per heavy atom. The van der Waals surface area contributed by atoms with Crippen molar-refractivity contribution in [3.05, 3.63) is 17.7 Å². The lowest BCUT2D eigenvalue weighted by Gasteiger charge is -2.31. The minimum atomic E-state index is -0.239. The van der Waals surface area contributed by atoms with E-state index < -0.39 is 0 Å². The highest BCUT2D eigenvalue weighted by Crippen LogP contribution is 2.47. The Hall–Kier alpha value is -1.91. The predicted octanol–water partition coefficient (Wildman–Crippen LogP) is 2.47. The van der Waals surface area contributed by atoms with Crippen LogP contribution in [0.5, 0.6) is 17.2 Å². The fourth-order valence-corrected chi connectivity index (χ4v) is 3.26. The van der Waals surface area contributed by atoms with Crippen molar-refractivity contribution in [1.82, 2.24) is 0 Å². The zero-order chi connectivity index (χ0) is 15.4. The summed E-state index contributed by atoms with van der Waals surface area (Å²) in [5, 5.41) is 0. The van der Waals surface area contributed by atoms with Crippen LogP contribution in [0.25, 0.3) is 0 Å². The molecule has 5 nitrogen and oxygen atoms in total. The van der Waals surface area contributed by atoms with E-state index in [0.29, 0.717) is 17.2 Å². The third-order valence-corrected chi connectivity index (χ3v) is 4.27. The molecule has 1 aliphatic carbocycles. The molecule has 1 aromatic carbocycles. The average Bonchev–Trinajstić information content (AvgIpc) is 2.53. The van der Waals surface area contributed by atoms with Gasteiger partial charge in [-0.2, -0.15) is 0 Å². The maximum absolute atomic E-state index is 11.7. The number of ether oxygens (including phenoxy) is 3. The summed E-state index contributed by atoms with van der Waals surface area (Å²) >= 11 is 0. The van der Waals surface area contributed by atoms with Crippen LogP contribution in [0.1, 0.15) is 37.2 Å². The van der Waals surface area contributed by atoms with Gasteiger partial charge in [-0.15, -0.1) is 0 Å². The number of methoxy groups -OCH3 is 3. The van der Waals surface area contributed by atoms with E-state index in [-0.39, 0.29) is 17.7 Å². The molecule has 2 N–H and O–H groups in total. The van der Waals surface area contributed by atoms with Gasteiger partial charge in [-0.25, -0.2) is 0 Å². The summed E-state index contributed by atoms with van der Waals surface area (Å²) in [6.45, 7) is 0. The van der Waals surface area contributed by atoms with Crippen LogP contribution < -0.4 is 19.9 Å². The van der Waals surface area contributed by atoms with Crippen LogP contribution in [-0.2, 0) is 4.79 Å². The van der Waals surface area contributed by atoms with E-state index in [1.165, 1.54) is 0 Å². The lowest BCUT2D eigenvalue weighted by molar-refractivity contribution is -0.123. The smallest absolute Gasteiger partial charge is 0.221 e. The Kier molecular flexibility index (Phi) is 4.94. The van der Waals surface area contributed by atoms with Crippen molar-refractivity contribution in [2.75, 3.05) is 21.3 Å². The van der Waals surface area contributed by atoms with Gasteiger partial charge >= 0.3 is 0 Å². The molecular formula is C16H23NO4. The van der Waals surface area contributed by atoms with Gasteiger partial charge in [-0.1, -0.05) is 18.9 Å². The SMILES string of the molecule is COc1ccc([C@H]2CCCC[C@@H]2C(N)=O)c(OC)c1OC. The van der Waals surface area contributed by atoms with Crippen molar-refractivity contribution in [1.29, 1.82) is 0 Å². The number of carbonyl (C=O) groups is 1. The Morgan fingerprint density at radius 2 is 1.71 bits per heavy atom. The second-order valence-corrected chi connectivity index (χ2v) is 5.32. The lowest BCUT2D eigenvalue weighted by atomic mass is 9.74. The standard InChI is InChI=1S/C16H23NO4/c1-19-13-9-8-11(14(20-2)15(13)21-3)10-6-4-5-7-12(10)16(17)18/h8-10,12H,4-7H2,1-3H3,(H2,17,18)/t10-,12+/m1/s1. The maximum Gasteiger partial charge on any atom is 0.221 e. The highest BCUT2D eigenvalue weighted by Gasteiger charge is 2.33. The summed E-state index contributed by atoms with van der Waals surface area (Å²) in [6, 6.07) is 3.80. The summed E-state index contributed by atoms with van der Waals surface area (Å²) in [5.74, 6) is 1.50. The molecule has 0 spiro atoms. The van der Waals surface area contributed by atoms with Crippen LogP contribution in [0.2, 0.25) is 0 Å². The molecule has 1 fully saturated rings. The van der Waals surface area contributed by atoms with Crippen LogP contribution >= 0.6 is 0 Å². The number of hydrogen-bond donors (Lipinski definition) is 1. The van der Waals surface area contributed by atoms with Crippen molar-refractivity contribution >= 4 is 5.91 Å². The largest absolute Gasteiger partial charge is 0.493 e. The number of benzene rings is 1. The Bertz CT molecular complexity index is 515. The normalized spacial score (nSPS) is 21.7. The van der Waals surface area contributed by atoms with Gasteiger partial charge in [-0.3, -0.25) is 4.79 Å². The molecule has 21 heavy (non-hydrogen) atoms. The Balaban J connectivity index is 2.49. The lowest BCUT2D eigenvalue weighted by Crippen LogP contribution is -2.31. The summed E-state index contributed by atoms with van der Waals surface area (Å²) in [7, 11) is 4.77. The van der Waals surface area contributed by atoms with Crippen LogP contribution in [0, 0.1) is 5.92 Å². The van der Waals surface area contributed by atoms with Gasteiger partial charge in [0.15, 0.2) is 11.5 Å². The van der Waals surface area contributed by atoms with Gasteiger partial charge in [-0.05, 0) is 24.8 Å². The first-order valence-electron chi connectivity index (χ1n) is 7.22. The van der Waals surface area contributed by atoms with E-state index >= 15 is 0 Å². The van der Waals surface area contributed by atoms with Crippen molar-refractivity contribution in [2.45, 2.75) is 31.6 Å². The minimum Gasteiger partial charge on any atom is -0.493 e. The molecule has 2 rings (SSSR count). The van der Waals surface area contributed by atoms with Crippen LogP contribution in [-0.4, -0.2) is 27.2 Å². The maximum atomic E-state index is 11.7. The molecule has 0 saturated heterocycles. The average molecular weight is 293 g/mol. The molecule has 0 bridgehead atoms. The second-order valence-electron chi connectivity index (χ2n) is 5.32. The zero-order valence-corrected chi connectivity index (χ0v) is 12.8. The summed E-state index contributed by atoms with van der Waals surface area (Å²) in [4.78, 5) is 11.7. The first-order chi connectivity index (χ1) is 10.1. The number of primary amides is 1. The van der Waals surface area contributed by atoms with Crippen LogP contribution in [0.15, 0.2) is 12.1 Å². The van der Waals surface area contributed by atoms with Gasteiger partial charge in [0.1, 0.15) is 0 Å². The van der Waals surface area contributed by atoms with Gasteiger partial charge < -0.3 is 19.9 Å². The molecule has 1 aliphatic rings. The van der Waals surface area contributed by atoms with Crippen molar-refractivity contribution in [2.24, 2.45) is 11.7 Å². The number of carbonyl (C=O) groups excluding carboxylic acids is 1. The molecule has 0 aromatic heterocycles. The fourth-order valence-electron chi connectivity index (χ4n) is 3.26. The van der Waals surface area contributed by atoms with E-state index in [9.17, 15) is 4.79 Å². The van der Waals surface area contributed by atoms with Crippen molar-refractivity contribution < 1.29 is 19.0 Å². The quantitative estimate of drug-likeness (QED) is 0.905. The minimum absolute atomic E-state index is 0.0750. The zero-order valence-electron chi connectivity index (χ0n) is 12.8. The summed E-state index contributed by atoms with van der Waals surface area (Å²) < 4.78 is 16.3. The van der Waals surface area contributed by atoms with E-state index in [1.807, 2.05) is 12.1 Å². The molecule has 116 valence electrons. The Labute approximate surface area is 125 Å². The third-order valence-electron chi connectivity index (χ3n) is 4.27. The molecule has 1 aromatic rings. The molecule has 5 heteroatoms. The highest BCUT2D eigenvalue weighted by atomic mass is 16.5.